The van der Waals surface area contributed by atoms with Crippen molar-refractivity contribution < 1.29 is 4.74 Å². The molecule has 2 N–H and O–H groups in total. The van der Waals surface area contributed by atoms with Crippen molar-refractivity contribution in [3.05, 3.63) is 40.6 Å². The third-order valence-corrected chi connectivity index (χ3v) is 2.72. The summed E-state index contributed by atoms with van der Waals surface area (Å²) in [6, 6.07) is 5.88. The van der Waals surface area contributed by atoms with Crippen LogP contribution in [-0.4, -0.2) is 16.9 Å². The summed E-state index contributed by atoms with van der Waals surface area (Å²) in [5.41, 5.74) is 7.33. The van der Waals surface area contributed by atoms with E-state index in [4.69, 9.17) is 10.5 Å². The van der Waals surface area contributed by atoms with Gasteiger partial charge in [-0.3, -0.25) is 4.68 Å². The van der Waals surface area contributed by atoms with Gasteiger partial charge in [-0.2, -0.15) is 5.10 Å². The number of rotatable bonds is 3. The molecule has 4 nitrogen and oxygen atoms in total. The molecule has 16 heavy (non-hydrogen) atoms. The van der Waals surface area contributed by atoms with E-state index in [0.29, 0.717) is 12.2 Å². The number of methoxy groups -OCH3 is 1. The van der Waals surface area contributed by atoms with E-state index in [2.05, 4.69) is 21.0 Å². The van der Waals surface area contributed by atoms with Crippen LogP contribution in [0.3, 0.4) is 0 Å². The predicted molar refractivity (Wildman–Crippen MR) is 66.4 cm³/mol. The maximum atomic E-state index is 5.61. The van der Waals surface area contributed by atoms with Crippen molar-refractivity contribution in [1.82, 2.24) is 9.78 Å². The summed E-state index contributed by atoms with van der Waals surface area (Å²) >= 11 is 3.43. The number of nitrogens with zero attached hydrogens (tertiary/aromatic N) is 2. The number of anilines is 1. The van der Waals surface area contributed by atoms with Crippen LogP contribution in [0.2, 0.25) is 0 Å². The second kappa shape index (κ2) is 4.57. The van der Waals surface area contributed by atoms with Crippen molar-refractivity contribution in [1.29, 1.82) is 0 Å². The van der Waals surface area contributed by atoms with Crippen molar-refractivity contribution in [3.63, 3.8) is 0 Å². The number of halogens is 1. The Morgan fingerprint density at radius 3 is 2.94 bits per heavy atom. The first-order chi connectivity index (χ1) is 7.69. The Bertz CT molecular complexity index is 496. The second-order valence-corrected chi connectivity index (χ2v) is 4.34. The van der Waals surface area contributed by atoms with E-state index < -0.39 is 0 Å². The summed E-state index contributed by atoms with van der Waals surface area (Å²) in [5.74, 6) is 0.845. The van der Waals surface area contributed by atoms with Gasteiger partial charge in [-0.05, 0) is 18.2 Å². The molecule has 2 aromatic rings. The Morgan fingerprint density at radius 2 is 2.31 bits per heavy atom. The van der Waals surface area contributed by atoms with Crippen molar-refractivity contribution in [2.75, 3.05) is 12.8 Å². The van der Waals surface area contributed by atoms with Gasteiger partial charge < -0.3 is 10.5 Å². The van der Waals surface area contributed by atoms with Crippen molar-refractivity contribution in [3.8, 4) is 5.75 Å². The first-order valence-corrected chi connectivity index (χ1v) is 5.58. The number of aromatic nitrogens is 2. The SMILES string of the molecule is COc1ccc(Br)cc1Cn1cc(N)cn1. The van der Waals surface area contributed by atoms with E-state index in [-0.39, 0.29) is 0 Å². The maximum Gasteiger partial charge on any atom is 0.124 e. The summed E-state index contributed by atoms with van der Waals surface area (Å²) in [4.78, 5) is 0. The molecule has 0 unspecified atom stereocenters. The molecule has 0 amide bonds. The molecule has 0 spiro atoms. The maximum absolute atomic E-state index is 5.61. The Labute approximate surface area is 102 Å². The van der Waals surface area contributed by atoms with E-state index in [0.717, 1.165) is 15.8 Å². The number of nitrogens with two attached hydrogens (primary N) is 1. The average molecular weight is 282 g/mol. The number of hydrogen-bond acceptors (Lipinski definition) is 3. The van der Waals surface area contributed by atoms with Gasteiger partial charge in [0.05, 0.1) is 25.5 Å². The Balaban J connectivity index is 2.29. The van der Waals surface area contributed by atoms with Gasteiger partial charge >= 0.3 is 0 Å². The highest BCUT2D eigenvalue weighted by molar-refractivity contribution is 9.10. The van der Waals surface area contributed by atoms with Crippen molar-refractivity contribution >= 4 is 21.6 Å². The number of ether oxygens (including phenoxy) is 1. The van der Waals surface area contributed by atoms with Crippen LogP contribution < -0.4 is 10.5 Å². The molecule has 2 rings (SSSR count). The van der Waals surface area contributed by atoms with Gasteiger partial charge in [0.2, 0.25) is 0 Å². The van der Waals surface area contributed by atoms with Crippen LogP contribution in [0.25, 0.3) is 0 Å². The summed E-state index contributed by atoms with van der Waals surface area (Å²) < 4.78 is 8.08. The lowest BCUT2D eigenvalue weighted by atomic mass is 10.2. The summed E-state index contributed by atoms with van der Waals surface area (Å²) in [5, 5.41) is 4.14. The molecule has 0 fully saturated rings. The Hall–Kier alpha value is -1.49. The van der Waals surface area contributed by atoms with Crippen LogP contribution in [0.1, 0.15) is 5.56 Å². The van der Waals surface area contributed by atoms with Crippen LogP contribution >= 0.6 is 15.9 Å². The molecule has 84 valence electrons. The molecule has 1 aromatic carbocycles. The minimum absolute atomic E-state index is 0.639. The highest BCUT2D eigenvalue weighted by Gasteiger charge is 2.05. The van der Waals surface area contributed by atoms with E-state index in [1.807, 2.05) is 18.2 Å². The zero-order chi connectivity index (χ0) is 11.5. The molecule has 1 heterocycles. The molecule has 0 bridgehead atoms. The molecular formula is C11H12BrN3O. The van der Waals surface area contributed by atoms with Gasteiger partial charge in [0.15, 0.2) is 0 Å². The highest BCUT2D eigenvalue weighted by atomic mass is 79.9. The molecule has 1 aromatic heterocycles. The molecule has 5 heteroatoms. The van der Waals surface area contributed by atoms with E-state index in [1.54, 1.807) is 24.2 Å². The zero-order valence-corrected chi connectivity index (χ0v) is 10.4. The van der Waals surface area contributed by atoms with E-state index >= 15 is 0 Å². The smallest absolute Gasteiger partial charge is 0.124 e. The molecule has 0 aliphatic carbocycles. The number of hydrogen-bond donors (Lipinski definition) is 1. The van der Waals surface area contributed by atoms with Gasteiger partial charge in [0, 0.05) is 16.2 Å². The van der Waals surface area contributed by atoms with Crippen molar-refractivity contribution in [2.45, 2.75) is 6.54 Å². The monoisotopic (exact) mass is 281 g/mol. The lowest BCUT2D eigenvalue weighted by molar-refractivity contribution is 0.407. The third-order valence-electron chi connectivity index (χ3n) is 2.23. The minimum Gasteiger partial charge on any atom is -0.496 e. The van der Waals surface area contributed by atoms with Crippen LogP contribution in [0.15, 0.2) is 35.1 Å². The van der Waals surface area contributed by atoms with E-state index in [9.17, 15) is 0 Å². The molecule has 0 saturated heterocycles. The summed E-state index contributed by atoms with van der Waals surface area (Å²) in [7, 11) is 1.66. The zero-order valence-electron chi connectivity index (χ0n) is 8.85. The Morgan fingerprint density at radius 1 is 1.50 bits per heavy atom. The fourth-order valence-electron chi connectivity index (χ4n) is 1.51. The second-order valence-electron chi connectivity index (χ2n) is 3.43. The number of nitrogen functional groups attached to an aromatic ring is 1. The van der Waals surface area contributed by atoms with Gasteiger partial charge in [-0.25, -0.2) is 0 Å². The Kier molecular flexibility index (Phi) is 3.14. The van der Waals surface area contributed by atoms with Gasteiger partial charge in [-0.1, -0.05) is 15.9 Å². The molecular weight excluding hydrogens is 270 g/mol. The van der Waals surface area contributed by atoms with Gasteiger partial charge in [0.25, 0.3) is 0 Å². The largest absolute Gasteiger partial charge is 0.496 e. The normalized spacial score (nSPS) is 10.4. The average Bonchev–Trinajstić information content (AvgIpc) is 2.64. The highest BCUT2D eigenvalue weighted by Crippen LogP contribution is 2.23. The molecule has 0 radical (unpaired) electrons. The summed E-state index contributed by atoms with van der Waals surface area (Å²) in [6.07, 6.45) is 3.42. The predicted octanol–water partition coefficient (Wildman–Crippen LogP) is 2.28. The molecule has 0 aliphatic rings. The molecule has 0 atom stereocenters. The van der Waals surface area contributed by atoms with Crippen LogP contribution in [0.5, 0.6) is 5.75 Å². The van der Waals surface area contributed by atoms with Crippen LogP contribution in [-0.2, 0) is 6.54 Å². The summed E-state index contributed by atoms with van der Waals surface area (Å²) in [6.45, 7) is 0.639. The molecule has 0 saturated carbocycles. The van der Waals surface area contributed by atoms with Crippen LogP contribution in [0, 0.1) is 0 Å². The molecule has 0 aliphatic heterocycles. The van der Waals surface area contributed by atoms with Gasteiger partial charge in [-0.15, -0.1) is 0 Å². The topological polar surface area (TPSA) is 53.1 Å². The lowest BCUT2D eigenvalue weighted by Crippen LogP contribution is -2.02. The number of benzene rings is 1. The van der Waals surface area contributed by atoms with Gasteiger partial charge in [0.1, 0.15) is 5.75 Å². The fourth-order valence-corrected chi connectivity index (χ4v) is 1.92. The minimum atomic E-state index is 0.639. The quantitative estimate of drug-likeness (QED) is 0.939. The third kappa shape index (κ3) is 2.36. The first kappa shape index (κ1) is 11.0. The lowest BCUT2D eigenvalue weighted by Gasteiger charge is -2.08. The van der Waals surface area contributed by atoms with Crippen LogP contribution in [0.4, 0.5) is 5.69 Å². The first-order valence-electron chi connectivity index (χ1n) is 4.79. The van der Waals surface area contributed by atoms with E-state index in [1.165, 1.54) is 0 Å². The standard InChI is InChI=1S/C11H12BrN3O/c1-16-11-3-2-9(12)4-8(11)6-15-7-10(13)5-14-15/h2-5,7H,6,13H2,1H3. The fraction of sp³-hybridized carbons (Fsp3) is 0.182. The van der Waals surface area contributed by atoms with Crippen molar-refractivity contribution in [2.24, 2.45) is 0 Å².